The molecule has 1 heterocycles. The van der Waals surface area contributed by atoms with Crippen LogP contribution in [0.4, 0.5) is 0 Å². The number of aliphatic hydroxyl groups excluding tert-OH is 1. The van der Waals surface area contributed by atoms with Crippen molar-refractivity contribution in [2.75, 3.05) is 0 Å². The van der Waals surface area contributed by atoms with E-state index in [1.165, 1.54) is 18.3 Å². The highest BCUT2D eigenvalue weighted by atomic mass is 32.1. The standard InChI is InChI=1S/C33H38O6S/c1-15(2)19-12-20(22-10-9-11-40-22)27(35)24-21(19)13-31(7)14-32(8)25(16(3)4)17(5)23(18(6)34)29(37)33(32,39)30(38)26(31)28(24)36/h9-12,15-16,25,35-36,39H,13-14H2,1-8H3/t25-,31+,32+,33-/m1/s1. The monoisotopic (exact) mass is 562 g/mol. The lowest BCUT2D eigenvalue weighted by atomic mass is 9.42. The summed E-state index contributed by atoms with van der Waals surface area (Å²) in [5.74, 6) is -3.20. The van der Waals surface area contributed by atoms with Crippen molar-refractivity contribution >= 4 is 34.4 Å². The van der Waals surface area contributed by atoms with Crippen LogP contribution in [0, 0.1) is 22.7 Å². The first kappa shape index (κ1) is 28.5. The van der Waals surface area contributed by atoms with Crippen molar-refractivity contribution in [1.29, 1.82) is 0 Å². The van der Waals surface area contributed by atoms with Crippen molar-refractivity contribution in [3.63, 3.8) is 0 Å². The number of carbonyl (C=O) groups is 3. The molecule has 40 heavy (non-hydrogen) atoms. The molecule has 0 saturated heterocycles. The lowest BCUT2D eigenvalue weighted by Gasteiger charge is -2.60. The van der Waals surface area contributed by atoms with Gasteiger partial charge in [0.1, 0.15) is 11.5 Å². The van der Waals surface area contributed by atoms with E-state index in [-0.39, 0.29) is 40.7 Å². The van der Waals surface area contributed by atoms with Crippen LogP contribution in [0.5, 0.6) is 5.75 Å². The van der Waals surface area contributed by atoms with Crippen LogP contribution >= 0.6 is 11.3 Å². The Morgan fingerprint density at radius 2 is 1.75 bits per heavy atom. The van der Waals surface area contributed by atoms with E-state index in [0.29, 0.717) is 17.6 Å². The first-order valence-electron chi connectivity index (χ1n) is 13.9. The van der Waals surface area contributed by atoms with Gasteiger partial charge in [-0.25, -0.2) is 0 Å². The van der Waals surface area contributed by atoms with Crippen LogP contribution in [0.2, 0.25) is 0 Å². The van der Waals surface area contributed by atoms with Gasteiger partial charge in [0.25, 0.3) is 0 Å². The van der Waals surface area contributed by atoms with E-state index in [0.717, 1.165) is 16.0 Å². The van der Waals surface area contributed by atoms with Crippen LogP contribution in [0.25, 0.3) is 16.2 Å². The predicted molar refractivity (Wildman–Crippen MR) is 156 cm³/mol. The van der Waals surface area contributed by atoms with Crippen LogP contribution in [0.1, 0.15) is 84.4 Å². The molecule has 0 unspecified atom stereocenters. The quantitative estimate of drug-likeness (QED) is 0.288. The van der Waals surface area contributed by atoms with E-state index in [1.54, 1.807) is 13.8 Å². The van der Waals surface area contributed by atoms with Gasteiger partial charge in [-0.2, -0.15) is 0 Å². The zero-order chi connectivity index (χ0) is 29.7. The van der Waals surface area contributed by atoms with Gasteiger partial charge in [-0.1, -0.05) is 53.2 Å². The molecule has 2 aromatic rings. The van der Waals surface area contributed by atoms with Gasteiger partial charge in [-0.3, -0.25) is 14.4 Å². The van der Waals surface area contributed by atoms with Crippen LogP contribution in [0.3, 0.4) is 0 Å². The molecule has 4 atom stereocenters. The molecule has 1 aromatic carbocycles. The van der Waals surface area contributed by atoms with Gasteiger partial charge in [0.2, 0.25) is 11.6 Å². The Morgan fingerprint density at radius 1 is 1.10 bits per heavy atom. The average Bonchev–Trinajstić information content (AvgIpc) is 3.35. The summed E-state index contributed by atoms with van der Waals surface area (Å²) in [6, 6.07) is 5.74. The molecular weight excluding hydrogens is 524 g/mol. The van der Waals surface area contributed by atoms with Gasteiger partial charge in [-0.15, -0.1) is 11.3 Å². The summed E-state index contributed by atoms with van der Waals surface area (Å²) in [6.07, 6.45) is 0.593. The molecule has 0 radical (unpaired) electrons. The summed E-state index contributed by atoms with van der Waals surface area (Å²) < 4.78 is 0. The normalized spacial score (nSPS) is 30.1. The highest BCUT2D eigenvalue weighted by molar-refractivity contribution is 7.13. The van der Waals surface area contributed by atoms with Crippen molar-refractivity contribution in [3.05, 3.63) is 57.0 Å². The Bertz CT molecular complexity index is 1540. The Kier molecular flexibility index (Phi) is 6.40. The topological polar surface area (TPSA) is 112 Å². The second-order valence-electron chi connectivity index (χ2n) is 13.1. The van der Waals surface area contributed by atoms with E-state index < -0.39 is 45.5 Å². The van der Waals surface area contributed by atoms with Gasteiger partial charge in [0.15, 0.2) is 11.4 Å². The molecule has 3 N–H and O–H groups in total. The van der Waals surface area contributed by atoms with E-state index in [2.05, 4.69) is 13.8 Å². The Morgan fingerprint density at radius 3 is 2.27 bits per heavy atom. The maximum Gasteiger partial charge on any atom is 0.206 e. The smallest absolute Gasteiger partial charge is 0.206 e. The Labute approximate surface area is 239 Å². The molecule has 3 aliphatic carbocycles. The van der Waals surface area contributed by atoms with Gasteiger partial charge in [0, 0.05) is 26.8 Å². The minimum atomic E-state index is -2.52. The first-order valence-corrected chi connectivity index (χ1v) is 14.8. The molecule has 0 spiro atoms. The predicted octanol–water partition coefficient (Wildman–Crippen LogP) is 6.55. The number of thiophene rings is 1. The van der Waals surface area contributed by atoms with E-state index in [9.17, 15) is 29.7 Å². The number of allylic oxidation sites excluding steroid dienone is 1. The average molecular weight is 563 g/mol. The molecule has 3 aliphatic rings. The fourth-order valence-electron chi connectivity index (χ4n) is 8.48. The molecule has 1 aromatic heterocycles. The van der Waals surface area contributed by atoms with Gasteiger partial charge >= 0.3 is 0 Å². The summed E-state index contributed by atoms with van der Waals surface area (Å²) in [5, 5.41) is 37.6. The van der Waals surface area contributed by atoms with Gasteiger partial charge < -0.3 is 15.3 Å². The highest BCUT2D eigenvalue weighted by Gasteiger charge is 2.72. The Hall–Kier alpha value is -3.03. The molecule has 7 heteroatoms. The fraction of sp³-hybridized carbons (Fsp3) is 0.485. The number of rotatable bonds is 4. The van der Waals surface area contributed by atoms with Crippen LogP contribution in [-0.2, 0) is 20.8 Å². The largest absolute Gasteiger partial charge is 0.507 e. The molecule has 5 rings (SSSR count). The minimum absolute atomic E-state index is 0.0494. The van der Waals surface area contributed by atoms with E-state index in [4.69, 9.17) is 0 Å². The number of Topliss-reactive ketones (excluding diaryl/α,β-unsaturated/α-hetero) is 3. The maximum atomic E-state index is 14.5. The van der Waals surface area contributed by atoms with Crippen molar-refractivity contribution in [2.45, 2.75) is 79.8 Å². The molecule has 1 fully saturated rings. The Balaban J connectivity index is 1.84. The number of fused-ring (bicyclic) bond motifs is 3. The zero-order valence-corrected chi connectivity index (χ0v) is 25.2. The van der Waals surface area contributed by atoms with Gasteiger partial charge in [0.05, 0.1) is 11.1 Å². The number of aromatic hydroxyl groups is 1. The number of aliphatic hydroxyl groups is 2. The number of phenolic OH excluding ortho intramolecular Hbond substituents is 1. The fourth-order valence-corrected chi connectivity index (χ4v) is 9.22. The molecule has 0 bridgehead atoms. The number of carbonyl (C=O) groups excluding carboxylic acids is 3. The van der Waals surface area contributed by atoms with Crippen molar-refractivity contribution < 1.29 is 29.7 Å². The SMILES string of the molecule is CC(=O)C1=C(C)[C@@H](C(C)C)[C@]2(C)C[C@]3(C)Cc4c(C(C)C)cc(-c5cccs5)c(O)c4C(O)=C3C(=O)[C@]2(O)C1=O. The third-order valence-electron chi connectivity index (χ3n) is 9.76. The molecule has 0 amide bonds. The first-order chi connectivity index (χ1) is 18.5. The minimum Gasteiger partial charge on any atom is -0.507 e. The third-order valence-corrected chi connectivity index (χ3v) is 10.7. The second-order valence-corrected chi connectivity index (χ2v) is 14.1. The third kappa shape index (κ3) is 3.46. The number of phenols is 1. The molecule has 6 nitrogen and oxygen atoms in total. The molecule has 1 saturated carbocycles. The van der Waals surface area contributed by atoms with Crippen LogP contribution < -0.4 is 0 Å². The number of hydrogen-bond donors (Lipinski definition) is 3. The summed E-state index contributed by atoms with van der Waals surface area (Å²) in [7, 11) is 0. The lowest BCUT2D eigenvalue weighted by molar-refractivity contribution is -0.180. The molecular formula is C33H38O6S. The zero-order valence-electron chi connectivity index (χ0n) is 24.4. The van der Waals surface area contributed by atoms with E-state index in [1.807, 2.05) is 44.4 Å². The summed E-state index contributed by atoms with van der Waals surface area (Å²) in [5.41, 5.74) is -1.74. The van der Waals surface area contributed by atoms with Crippen LogP contribution in [-0.4, -0.2) is 38.3 Å². The van der Waals surface area contributed by atoms with Gasteiger partial charge in [-0.05, 0) is 73.1 Å². The van der Waals surface area contributed by atoms with Crippen molar-refractivity contribution in [1.82, 2.24) is 0 Å². The lowest BCUT2D eigenvalue weighted by Crippen LogP contribution is -2.70. The number of ketones is 3. The summed E-state index contributed by atoms with van der Waals surface area (Å²) in [4.78, 5) is 42.0. The second kappa shape index (κ2) is 8.98. The highest BCUT2D eigenvalue weighted by Crippen LogP contribution is 2.65. The molecule has 212 valence electrons. The van der Waals surface area contributed by atoms with E-state index >= 15 is 0 Å². The summed E-state index contributed by atoms with van der Waals surface area (Å²) in [6.45, 7) is 14.8. The van der Waals surface area contributed by atoms with Crippen molar-refractivity contribution in [2.24, 2.45) is 22.7 Å². The number of hydrogen-bond acceptors (Lipinski definition) is 7. The number of benzene rings is 1. The van der Waals surface area contributed by atoms with Crippen LogP contribution in [0.15, 0.2) is 40.3 Å². The summed E-state index contributed by atoms with van der Waals surface area (Å²) >= 11 is 1.46. The molecule has 0 aliphatic heterocycles. The van der Waals surface area contributed by atoms with Crippen molar-refractivity contribution in [3.8, 4) is 16.2 Å². The maximum absolute atomic E-state index is 14.5.